The summed E-state index contributed by atoms with van der Waals surface area (Å²) in [5, 5.41) is 12.6. The van der Waals surface area contributed by atoms with Crippen LogP contribution in [0.15, 0.2) is 65.6 Å². The number of hydrogen-bond donors (Lipinski definition) is 2. The zero-order chi connectivity index (χ0) is 26.4. The van der Waals surface area contributed by atoms with Crippen LogP contribution in [0.4, 0.5) is 8.78 Å². The Labute approximate surface area is 218 Å². The molecule has 4 rings (SSSR count). The summed E-state index contributed by atoms with van der Waals surface area (Å²) in [6, 6.07) is 16.3. The average molecular weight is 527 g/mol. The first-order valence-electron chi connectivity index (χ1n) is 11.9. The Morgan fingerprint density at radius 2 is 1.76 bits per heavy atom. The molecule has 1 aliphatic rings. The number of carbonyl (C=O) groups excluding carboxylic acids is 1. The molecule has 1 saturated heterocycles. The maximum Gasteiger partial charge on any atom is 0.323 e. The monoisotopic (exact) mass is 526 g/mol. The van der Waals surface area contributed by atoms with Crippen molar-refractivity contribution in [3.63, 3.8) is 0 Å². The number of carbonyl (C=O) groups is 2. The van der Waals surface area contributed by atoms with E-state index in [0.29, 0.717) is 34.6 Å². The van der Waals surface area contributed by atoms with Crippen LogP contribution in [0, 0.1) is 11.6 Å². The van der Waals surface area contributed by atoms with E-state index in [1.807, 2.05) is 6.07 Å². The first kappa shape index (κ1) is 26.6. The maximum atomic E-state index is 13.8. The number of halogens is 2. The second-order valence-corrected chi connectivity index (χ2v) is 9.64. The molecule has 1 fully saturated rings. The molecule has 0 unspecified atom stereocenters. The molecule has 1 amide bonds. The van der Waals surface area contributed by atoms with Crippen molar-refractivity contribution in [2.45, 2.75) is 30.4 Å². The van der Waals surface area contributed by atoms with Gasteiger partial charge in [0.25, 0.3) is 5.91 Å². The number of nitrogens with zero attached hydrogens (tertiary/aromatic N) is 1. The number of rotatable bonds is 9. The fourth-order valence-electron chi connectivity index (χ4n) is 4.41. The van der Waals surface area contributed by atoms with E-state index < -0.39 is 17.6 Å². The maximum absolute atomic E-state index is 13.8. The Morgan fingerprint density at radius 3 is 2.43 bits per heavy atom. The highest BCUT2D eigenvalue weighted by Gasteiger charge is 2.28. The van der Waals surface area contributed by atoms with Gasteiger partial charge in [-0.1, -0.05) is 24.3 Å². The first-order chi connectivity index (χ1) is 17.9. The molecule has 9 heteroatoms. The predicted octanol–water partition coefficient (Wildman–Crippen LogP) is 5.21. The molecular weight excluding hydrogens is 498 g/mol. The first-order valence-corrected chi connectivity index (χ1v) is 13.2. The molecule has 194 valence electrons. The molecular formula is C28H28F2N2O4S. The topological polar surface area (TPSA) is 78.9 Å². The van der Waals surface area contributed by atoms with Crippen LogP contribution < -0.4 is 10.1 Å². The second-order valence-electron chi connectivity index (χ2n) is 8.79. The average Bonchev–Trinajstić information content (AvgIpc) is 2.92. The van der Waals surface area contributed by atoms with Gasteiger partial charge in [-0.15, -0.1) is 11.8 Å². The molecule has 2 N–H and O–H groups in total. The molecule has 0 radical (unpaired) electrons. The number of aliphatic carboxylic acids is 1. The minimum atomic E-state index is -1.04. The molecule has 1 aliphatic heterocycles. The summed E-state index contributed by atoms with van der Waals surface area (Å²) in [5.41, 5.74) is 2.52. The Bertz CT molecular complexity index is 1260. The molecule has 0 saturated carbocycles. The summed E-state index contributed by atoms with van der Waals surface area (Å²) in [4.78, 5) is 26.7. The van der Waals surface area contributed by atoms with E-state index in [9.17, 15) is 23.5 Å². The van der Waals surface area contributed by atoms with Crippen LogP contribution in [-0.2, 0) is 11.4 Å². The van der Waals surface area contributed by atoms with Gasteiger partial charge < -0.3 is 20.1 Å². The van der Waals surface area contributed by atoms with Crippen molar-refractivity contribution in [3.05, 3.63) is 83.4 Å². The molecule has 0 bridgehead atoms. The van der Waals surface area contributed by atoms with Crippen molar-refractivity contribution >= 4 is 23.6 Å². The summed E-state index contributed by atoms with van der Waals surface area (Å²) in [6.07, 6.45) is 3.22. The van der Waals surface area contributed by atoms with Gasteiger partial charge in [-0.05, 0) is 85.3 Å². The van der Waals surface area contributed by atoms with Gasteiger partial charge >= 0.3 is 5.97 Å². The van der Waals surface area contributed by atoms with Crippen LogP contribution in [0.1, 0.15) is 28.8 Å². The minimum absolute atomic E-state index is 0.121. The van der Waals surface area contributed by atoms with Crippen LogP contribution in [-0.4, -0.2) is 53.8 Å². The van der Waals surface area contributed by atoms with Crippen LogP contribution in [0.25, 0.3) is 11.1 Å². The van der Waals surface area contributed by atoms with E-state index >= 15 is 0 Å². The number of nitrogens with one attached hydrogen (secondary N) is 1. The zero-order valence-corrected chi connectivity index (χ0v) is 21.2. The molecule has 3 aromatic carbocycles. The number of benzene rings is 3. The van der Waals surface area contributed by atoms with E-state index in [1.165, 1.54) is 28.8 Å². The second kappa shape index (κ2) is 12.2. The molecule has 0 spiro atoms. The highest BCUT2D eigenvalue weighted by molar-refractivity contribution is 7.98. The van der Waals surface area contributed by atoms with Gasteiger partial charge in [0, 0.05) is 16.5 Å². The third-order valence-electron chi connectivity index (χ3n) is 6.30. The number of carboxylic acids is 1. The summed E-state index contributed by atoms with van der Waals surface area (Å²) in [7, 11) is 0. The van der Waals surface area contributed by atoms with Gasteiger partial charge in [0.05, 0.1) is 0 Å². The van der Waals surface area contributed by atoms with E-state index in [0.717, 1.165) is 24.2 Å². The van der Waals surface area contributed by atoms with Crippen molar-refractivity contribution in [2.24, 2.45) is 0 Å². The fraction of sp³-hybridized carbons (Fsp3) is 0.286. The molecule has 0 aromatic heterocycles. The van der Waals surface area contributed by atoms with Crippen LogP contribution in [0.2, 0.25) is 0 Å². The van der Waals surface area contributed by atoms with Gasteiger partial charge in [-0.3, -0.25) is 9.59 Å². The number of thioether (sulfide) groups is 1. The number of piperidine rings is 1. The van der Waals surface area contributed by atoms with Gasteiger partial charge in [0.2, 0.25) is 0 Å². The quantitative estimate of drug-likeness (QED) is 0.373. The van der Waals surface area contributed by atoms with Gasteiger partial charge in [-0.2, -0.15) is 0 Å². The smallest absolute Gasteiger partial charge is 0.323 e. The largest absolute Gasteiger partial charge is 0.489 e. The number of amides is 1. The van der Waals surface area contributed by atoms with Gasteiger partial charge in [-0.25, -0.2) is 8.78 Å². The fourth-order valence-corrected chi connectivity index (χ4v) is 5.03. The Hall–Kier alpha value is -3.43. The Morgan fingerprint density at radius 1 is 1.05 bits per heavy atom. The van der Waals surface area contributed by atoms with Crippen molar-refractivity contribution < 1.29 is 28.2 Å². The van der Waals surface area contributed by atoms with Gasteiger partial charge in [0.15, 0.2) is 11.6 Å². The summed E-state index contributed by atoms with van der Waals surface area (Å²) < 4.78 is 33.3. The number of carboxylic acid groups (broad SMARTS) is 1. The lowest BCUT2D eigenvalue weighted by atomic mass is 10.0. The number of ether oxygens (including phenoxy) is 1. The van der Waals surface area contributed by atoms with Crippen LogP contribution >= 0.6 is 11.8 Å². The highest BCUT2D eigenvalue weighted by Crippen LogP contribution is 2.33. The minimum Gasteiger partial charge on any atom is -0.489 e. The summed E-state index contributed by atoms with van der Waals surface area (Å²) in [6.45, 7) is 1.35. The Kier molecular flexibility index (Phi) is 8.78. The van der Waals surface area contributed by atoms with Gasteiger partial charge in [0.1, 0.15) is 18.9 Å². The standard InChI is InChI=1S/C28H28F2N2O4S/c1-37-26-15-25(30)24(29)14-23(26)19-5-7-22(8-6-19)36-17-18-3-2-4-20(13-18)28(35)32(16-27(33)34)21-9-11-31-12-10-21/h2-8,13-15,21,31H,9-12,16-17H2,1H3,(H,33,34). The van der Waals surface area contributed by atoms with E-state index in [1.54, 1.807) is 48.7 Å². The summed E-state index contributed by atoms with van der Waals surface area (Å²) >= 11 is 1.34. The SMILES string of the molecule is CSc1cc(F)c(F)cc1-c1ccc(OCc2cccc(C(=O)N(CC(=O)O)C3CCNCC3)c2)cc1. The summed E-state index contributed by atoms with van der Waals surface area (Å²) in [5.74, 6) is -2.55. The zero-order valence-electron chi connectivity index (χ0n) is 20.4. The lowest BCUT2D eigenvalue weighted by Gasteiger charge is -2.33. The normalized spacial score (nSPS) is 13.8. The molecule has 37 heavy (non-hydrogen) atoms. The van der Waals surface area contributed by atoms with Crippen molar-refractivity contribution in [1.29, 1.82) is 0 Å². The number of hydrogen-bond acceptors (Lipinski definition) is 5. The van der Waals surface area contributed by atoms with E-state index in [4.69, 9.17) is 4.74 Å². The molecule has 3 aromatic rings. The van der Waals surface area contributed by atoms with Crippen LogP contribution in [0.5, 0.6) is 5.75 Å². The molecule has 0 atom stereocenters. The van der Waals surface area contributed by atoms with Crippen molar-refractivity contribution in [2.75, 3.05) is 25.9 Å². The van der Waals surface area contributed by atoms with E-state index in [2.05, 4.69) is 5.32 Å². The third-order valence-corrected chi connectivity index (χ3v) is 7.08. The molecule has 6 nitrogen and oxygen atoms in total. The third kappa shape index (κ3) is 6.67. The lowest BCUT2D eigenvalue weighted by Crippen LogP contribution is -2.48. The Balaban J connectivity index is 1.45. The van der Waals surface area contributed by atoms with E-state index in [-0.39, 0.29) is 25.1 Å². The molecule has 1 heterocycles. The van der Waals surface area contributed by atoms with Crippen LogP contribution in [0.3, 0.4) is 0 Å². The molecule has 0 aliphatic carbocycles. The van der Waals surface area contributed by atoms with Crippen molar-refractivity contribution in [3.8, 4) is 16.9 Å². The lowest BCUT2D eigenvalue weighted by molar-refractivity contribution is -0.138. The predicted molar refractivity (Wildman–Crippen MR) is 139 cm³/mol. The highest BCUT2D eigenvalue weighted by atomic mass is 32.2. The van der Waals surface area contributed by atoms with Crippen molar-refractivity contribution in [1.82, 2.24) is 10.2 Å².